The Bertz CT molecular complexity index is 1110. The molecular weight excluding hydrogens is 436 g/mol. The van der Waals surface area contributed by atoms with Gasteiger partial charge in [-0.15, -0.1) is 0 Å². The van der Waals surface area contributed by atoms with Crippen LogP contribution in [0.2, 0.25) is 0 Å². The molecule has 0 aromatic heterocycles. The number of carbonyl (C=O) groups excluding carboxylic acids is 2. The van der Waals surface area contributed by atoms with Gasteiger partial charge in [0, 0.05) is 18.7 Å². The van der Waals surface area contributed by atoms with Crippen LogP contribution in [0.1, 0.15) is 36.6 Å². The van der Waals surface area contributed by atoms with E-state index in [1.54, 1.807) is 30.3 Å². The number of carbonyl (C=O) groups is 2. The van der Waals surface area contributed by atoms with Crippen LogP contribution in [0, 0.1) is 6.92 Å². The molecule has 0 saturated carbocycles. The second-order valence-electron chi connectivity index (χ2n) is 8.15. The molecule has 1 saturated heterocycles. The summed E-state index contributed by atoms with van der Waals surface area (Å²) < 4.78 is 10.9. The van der Waals surface area contributed by atoms with Crippen molar-refractivity contribution in [2.24, 2.45) is 0 Å². The van der Waals surface area contributed by atoms with E-state index in [1.165, 1.54) is 25.2 Å². The van der Waals surface area contributed by atoms with E-state index in [0.717, 1.165) is 18.7 Å². The average Bonchev–Trinajstić information content (AvgIpc) is 3.10. The van der Waals surface area contributed by atoms with Gasteiger partial charge in [0.05, 0.1) is 31.4 Å². The number of phenolic OH excluding ortho intramolecular Hbond substituents is 1. The van der Waals surface area contributed by atoms with Crippen molar-refractivity contribution in [3.05, 3.63) is 58.7 Å². The highest BCUT2D eigenvalue weighted by Gasteiger charge is 2.47. The number of methoxy groups -OCH3 is 2. The zero-order valence-electron chi connectivity index (χ0n) is 20.3. The molecule has 2 N–H and O–H groups in total. The van der Waals surface area contributed by atoms with Gasteiger partial charge >= 0.3 is 0 Å². The molecule has 1 fully saturated rings. The van der Waals surface area contributed by atoms with Crippen LogP contribution in [0.3, 0.4) is 0 Å². The summed E-state index contributed by atoms with van der Waals surface area (Å²) in [5.41, 5.74) is 1.28. The van der Waals surface area contributed by atoms with E-state index in [4.69, 9.17) is 9.47 Å². The van der Waals surface area contributed by atoms with Gasteiger partial charge in [0.1, 0.15) is 23.0 Å². The number of Topliss-reactive ketones (excluding diaryl/α,β-unsaturated/α-hetero) is 1. The summed E-state index contributed by atoms with van der Waals surface area (Å²) >= 11 is 0. The SMILES string of the molecule is CCN(CC)CCN1C(=O)C(=O)C(=C(O)c2cc(C)ccc2O)[C@H]1c1cc(OC)ccc1OC. The van der Waals surface area contributed by atoms with Crippen molar-refractivity contribution in [1.29, 1.82) is 0 Å². The quantitative estimate of drug-likeness (QED) is 0.330. The van der Waals surface area contributed by atoms with Gasteiger partial charge in [0.15, 0.2) is 0 Å². The fourth-order valence-electron chi connectivity index (χ4n) is 4.26. The number of rotatable bonds is 9. The standard InChI is InChI=1S/C26H32N2O6/c1-6-27(7-2)12-13-28-23(19-15-17(33-4)9-11-21(19)34-5)22(25(31)26(28)32)24(30)18-14-16(3)8-10-20(18)29/h8-11,14-15,23,29-30H,6-7,12-13H2,1-5H3/t23-/m1/s1. The third-order valence-electron chi connectivity index (χ3n) is 6.23. The molecular formula is C26H32N2O6. The van der Waals surface area contributed by atoms with E-state index in [2.05, 4.69) is 4.90 Å². The Morgan fingerprint density at radius 3 is 2.38 bits per heavy atom. The van der Waals surface area contributed by atoms with E-state index in [0.29, 0.717) is 23.6 Å². The third kappa shape index (κ3) is 4.72. The summed E-state index contributed by atoms with van der Waals surface area (Å²) in [4.78, 5) is 30.1. The minimum absolute atomic E-state index is 0.0913. The molecule has 34 heavy (non-hydrogen) atoms. The highest BCUT2D eigenvalue weighted by Crippen LogP contribution is 2.44. The Labute approximate surface area is 200 Å². The van der Waals surface area contributed by atoms with Crippen molar-refractivity contribution >= 4 is 17.4 Å². The van der Waals surface area contributed by atoms with E-state index >= 15 is 0 Å². The van der Waals surface area contributed by atoms with Crippen molar-refractivity contribution in [3.63, 3.8) is 0 Å². The van der Waals surface area contributed by atoms with Crippen molar-refractivity contribution in [2.75, 3.05) is 40.4 Å². The minimum Gasteiger partial charge on any atom is -0.507 e. The predicted molar refractivity (Wildman–Crippen MR) is 129 cm³/mol. The number of hydrogen-bond donors (Lipinski definition) is 2. The van der Waals surface area contributed by atoms with Gasteiger partial charge in [0.2, 0.25) is 0 Å². The molecule has 2 aromatic carbocycles. The summed E-state index contributed by atoms with van der Waals surface area (Å²) in [6.45, 7) is 8.28. The Morgan fingerprint density at radius 2 is 1.76 bits per heavy atom. The number of aromatic hydroxyl groups is 1. The molecule has 182 valence electrons. The fourth-order valence-corrected chi connectivity index (χ4v) is 4.26. The monoisotopic (exact) mass is 468 g/mol. The normalized spacial score (nSPS) is 17.5. The molecule has 1 amide bonds. The van der Waals surface area contributed by atoms with Crippen LogP contribution >= 0.6 is 0 Å². The zero-order valence-corrected chi connectivity index (χ0v) is 20.3. The Kier molecular flexibility index (Phi) is 7.83. The fraction of sp³-hybridized carbons (Fsp3) is 0.385. The molecule has 1 atom stereocenters. The molecule has 1 heterocycles. The predicted octanol–water partition coefficient (Wildman–Crippen LogP) is 3.48. The number of hydrogen-bond acceptors (Lipinski definition) is 7. The van der Waals surface area contributed by atoms with E-state index in [-0.39, 0.29) is 23.4 Å². The maximum atomic E-state index is 13.3. The number of aryl methyl sites for hydroxylation is 1. The minimum atomic E-state index is -0.916. The van der Waals surface area contributed by atoms with Gasteiger partial charge < -0.3 is 29.5 Å². The molecule has 1 aliphatic heterocycles. The van der Waals surface area contributed by atoms with Crippen LogP contribution in [0.15, 0.2) is 42.0 Å². The number of aliphatic hydroxyl groups excluding tert-OH is 1. The van der Waals surface area contributed by atoms with E-state index < -0.39 is 23.5 Å². The highest BCUT2D eigenvalue weighted by molar-refractivity contribution is 6.46. The van der Waals surface area contributed by atoms with E-state index in [1.807, 2.05) is 20.8 Å². The lowest BCUT2D eigenvalue weighted by Crippen LogP contribution is -2.38. The number of nitrogens with zero attached hydrogens (tertiary/aromatic N) is 2. The van der Waals surface area contributed by atoms with Gasteiger partial charge in [-0.3, -0.25) is 9.59 Å². The molecule has 0 unspecified atom stereocenters. The van der Waals surface area contributed by atoms with Crippen LogP contribution in [0.25, 0.3) is 5.76 Å². The molecule has 0 aliphatic carbocycles. The van der Waals surface area contributed by atoms with Crippen LogP contribution in [-0.4, -0.2) is 72.1 Å². The second-order valence-corrected chi connectivity index (χ2v) is 8.15. The largest absolute Gasteiger partial charge is 0.507 e. The van der Waals surface area contributed by atoms with Gasteiger partial charge in [-0.25, -0.2) is 0 Å². The first-order chi connectivity index (χ1) is 16.3. The molecule has 2 aromatic rings. The van der Waals surface area contributed by atoms with Crippen molar-refractivity contribution < 1.29 is 29.3 Å². The number of aliphatic hydroxyl groups is 1. The average molecular weight is 469 g/mol. The van der Waals surface area contributed by atoms with Crippen molar-refractivity contribution in [1.82, 2.24) is 9.80 Å². The first-order valence-electron chi connectivity index (χ1n) is 11.3. The van der Waals surface area contributed by atoms with Crippen LogP contribution < -0.4 is 9.47 Å². The number of phenols is 1. The van der Waals surface area contributed by atoms with Gasteiger partial charge in [0.25, 0.3) is 11.7 Å². The summed E-state index contributed by atoms with van der Waals surface area (Å²) in [5, 5.41) is 21.7. The van der Waals surface area contributed by atoms with Gasteiger partial charge in [-0.1, -0.05) is 25.5 Å². The topological polar surface area (TPSA) is 99.5 Å². The second kappa shape index (κ2) is 10.6. The zero-order chi connectivity index (χ0) is 25.0. The molecule has 3 rings (SSSR count). The molecule has 0 radical (unpaired) electrons. The number of ether oxygens (including phenoxy) is 2. The Hall–Kier alpha value is -3.52. The van der Waals surface area contributed by atoms with Gasteiger partial charge in [-0.05, 0) is 50.3 Å². The molecule has 8 heteroatoms. The smallest absolute Gasteiger partial charge is 0.295 e. The van der Waals surface area contributed by atoms with E-state index in [9.17, 15) is 19.8 Å². The summed E-state index contributed by atoms with van der Waals surface area (Å²) in [6, 6.07) is 8.91. The third-order valence-corrected chi connectivity index (χ3v) is 6.23. The maximum Gasteiger partial charge on any atom is 0.295 e. The lowest BCUT2D eigenvalue weighted by Gasteiger charge is -2.29. The van der Waals surface area contributed by atoms with Crippen LogP contribution in [0.4, 0.5) is 0 Å². The lowest BCUT2D eigenvalue weighted by molar-refractivity contribution is -0.140. The number of likely N-dealkylation sites (N-methyl/N-ethyl adjacent to an activating group) is 1. The van der Waals surface area contributed by atoms with Crippen molar-refractivity contribution in [3.8, 4) is 17.2 Å². The summed E-state index contributed by atoms with van der Waals surface area (Å²) in [5.74, 6) is -1.18. The number of amides is 1. The van der Waals surface area contributed by atoms with Crippen LogP contribution in [-0.2, 0) is 9.59 Å². The van der Waals surface area contributed by atoms with Crippen molar-refractivity contribution in [2.45, 2.75) is 26.8 Å². The number of likely N-dealkylation sites (tertiary alicyclic amines) is 1. The summed E-state index contributed by atoms with van der Waals surface area (Å²) in [7, 11) is 3.02. The van der Waals surface area contributed by atoms with Gasteiger partial charge in [-0.2, -0.15) is 0 Å². The molecule has 8 nitrogen and oxygen atoms in total. The van der Waals surface area contributed by atoms with Crippen LogP contribution in [0.5, 0.6) is 17.2 Å². The highest BCUT2D eigenvalue weighted by atomic mass is 16.5. The number of benzene rings is 2. The molecule has 0 spiro atoms. The lowest BCUT2D eigenvalue weighted by atomic mass is 9.93. The Morgan fingerprint density at radius 1 is 1.06 bits per heavy atom. The Balaban J connectivity index is 2.24. The first-order valence-corrected chi connectivity index (χ1v) is 11.3. The summed E-state index contributed by atoms with van der Waals surface area (Å²) in [6.07, 6.45) is 0. The number of ketones is 1. The maximum absolute atomic E-state index is 13.3. The molecule has 0 bridgehead atoms. The first kappa shape index (κ1) is 25.1. The molecule has 1 aliphatic rings.